The molecule has 0 amide bonds. The van der Waals surface area contributed by atoms with E-state index in [1.165, 1.54) is 0 Å². The van der Waals surface area contributed by atoms with Crippen molar-refractivity contribution in [2.45, 2.75) is 6.61 Å². The molecule has 0 spiro atoms. The van der Waals surface area contributed by atoms with Crippen LogP contribution in [0.3, 0.4) is 0 Å². The molecule has 0 aromatic carbocycles. The van der Waals surface area contributed by atoms with Gasteiger partial charge in [0.1, 0.15) is 5.15 Å². The summed E-state index contributed by atoms with van der Waals surface area (Å²) < 4.78 is 0. The summed E-state index contributed by atoms with van der Waals surface area (Å²) in [7, 11) is 0. The molecule has 3 nitrogen and oxygen atoms in total. The van der Waals surface area contributed by atoms with E-state index in [4.69, 9.17) is 16.7 Å². The van der Waals surface area contributed by atoms with Crippen molar-refractivity contribution in [3.8, 4) is 0 Å². The van der Waals surface area contributed by atoms with Gasteiger partial charge >= 0.3 is 0 Å². The molecule has 0 aliphatic carbocycles. The maximum absolute atomic E-state index is 8.84. The molecule has 2 rings (SSSR count). The lowest BCUT2D eigenvalue weighted by molar-refractivity contribution is 0.277. The van der Waals surface area contributed by atoms with Gasteiger partial charge in [-0.05, 0) is 18.2 Å². The summed E-state index contributed by atoms with van der Waals surface area (Å²) in [5, 5.41) is 10.2. The first-order chi connectivity index (χ1) is 6.29. The predicted octanol–water partition coefficient (Wildman–Crippen LogP) is 1.78. The minimum atomic E-state index is -0.0792. The van der Waals surface area contributed by atoms with Gasteiger partial charge in [0.2, 0.25) is 0 Å². The van der Waals surface area contributed by atoms with Crippen LogP contribution in [0.1, 0.15) is 5.69 Å². The summed E-state index contributed by atoms with van der Waals surface area (Å²) in [6.45, 7) is -0.0792. The van der Waals surface area contributed by atoms with Crippen LogP contribution in [0, 0.1) is 0 Å². The van der Waals surface area contributed by atoms with E-state index >= 15 is 0 Å². The van der Waals surface area contributed by atoms with E-state index in [1.807, 2.05) is 6.07 Å². The average molecular weight is 195 g/mol. The molecule has 0 unspecified atom stereocenters. The summed E-state index contributed by atoms with van der Waals surface area (Å²) in [6.07, 6.45) is 1.67. The molecule has 4 heteroatoms. The van der Waals surface area contributed by atoms with Crippen molar-refractivity contribution in [1.82, 2.24) is 9.97 Å². The Morgan fingerprint density at radius 1 is 1.38 bits per heavy atom. The van der Waals surface area contributed by atoms with Gasteiger partial charge in [0.15, 0.2) is 0 Å². The van der Waals surface area contributed by atoms with Gasteiger partial charge in [0.25, 0.3) is 0 Å². The molecule has 0 fully saturated rings. The Bertz CT molecular complexity index is 445. The maximum atomic E-state index is 8.84. The fraction of sp³-hybridized carbons (Fsp3) is 0.111. The Balaban J connectivity index is 2.68. The van der Waals surface area contributed by atoms with E-state index in [2.05, 4.69) is 9.97 Å². The predicted molar refractivity (Wildman–Crippen MR) is 50.5 cm³/mol. The Kier molecular flexibility index (Phi) is 2.12. The lowest BCUT2D eigenvalue weighted by Gasteiger charge is -1.99. The lowest BCUT2D eigenvalue weighted by Crippen LogP contribution is -1.89. The lowest BCUT2D eigenvalue weighted by atomic mass is 10.2. The third-order valence-corrected chi connectivity index (χ3v) is 1.97. The molecule has 2 aromatic heterocycles. The second-order valence-electron chi connectivity index (χ2n) is 2.66. The largest absolute Gasteiger partial charge is 0.390 e. The van der Waals surface area contributed by atoms with Crippen LogP contribution >= 0.6 is 11.6 Å². The zero-order valence-electron chi connectivity index (χ0n) is 6.74. The van der Waals surface area contributed by atoms with E-state index in [0.29, 0.717) is 10.8 Å². The minimum absolute atomic E-state index is 0.0792. The van der Waals surface area contributed by atoms with Crippen LogP contribution in [-0.2, 0) is 6.61 Å². The first-order valence-electron chi connectivity index (χ1n) is 3.81. The molecule has 0 bridgehead atoms. The molecule has 0 aliphatic heterocycles. The van der Waals surface area contributed by atoms with Crippen molar-refractivity contribution < 1.29 is 5.11 Å². The number of hydrogen-bond donors (Lipinski definition) is 1. The molecule has 0 aliphatic rings. The number of fused-ring (bicyclic) bond motifs is 1. The van der Waals surface area contributed by atoms with Crippen LogP contribution in [-0.4, -0.2) is 15.1 Å². The van der Waals surface area contributed by atoms with Gasteiger partial charge in [-0.3, -0.25) is 4.98 Å². The topological polar surface area (TPSA) is 46.0 Å². The van der Waals surface area contributed by atoms with Crippen LogP contribution in [0.5, 0.6) is 0 Å². The highest BCUT2D eigenvalue weighted by Crippen LogP contribution is 2.14. The molecule has 13 heavy (non-hydrogen) atoms. The van der Waals surface area contributed by atoms with Crippen LogP contribution < -0.4 is 0 Å². The Morgan fingerprint density at radius 2 is 2.23 bits per heavy atom. The molecule has 2 aromatic rings. The van der Waals surface area contributed by atoms with Crippen molar-refractivity contribution >= 4 is 22.5 Å². The monoisotopic (exact) mass is 194 g/mol. The molecule has 0 saturated heterocycles. The van der Waals surface area contributed by atoms with Gasteiger partial charge in [0.05, 0.1) is 17.8 Å². The van der Waals surface area contributed by atoms with Gasteiger partial charge in [-0.15, -0.1) is 0 Å². The standard InChI is InChI=1S/C9H7ClN2O/c10-9-2-1-6-4-11-7(5-13)3-8(6)12-9/h1-4,13H,5H2. The summed E-state index contributed by atoms with van der Waals surface area (Å²) in [6, 6.07) is 5.28. The molecular formula is C9H7ClN2O. The van der Waals surface area contributed by atoms with Crippen molar-refractivity contribution in [2.75, 3.05) is 0 Å². The number of hydrogen-bond acceptors (Lipinski definition) is 3. The van der Waals surface area contributed by atoms with Gasteiger partial charge in [-0.1, -0.05) is 11.6 Å². The molecule has 66 valence electrons. The SMILES string of the molecule is OCc1cc2nc(Cl)ccc2cn1. The van der Waals surface area contributed by atoms with Crippen molar-refractivity contribution in [3.05, 3.63) is 35.2 Å². The third-order valence-electron chi connectivity index (χ3n) is 1.76. The molecule has 0 radical (unpaired) electrons. The van der Waals surface area contributed by atoms with Gasteiger partial charge in [0, 0.05) is 11.6 Å². The molecule has 0 saturated carbocycles. The number of nitrogens with zero attached hydrogens (tertiary/aromatic N) is 2. The summed E-state index contributed by atoms with van der Waals surface area (Å²) in [5.74, 6) is 0. The Hall–Kier alpha value is -1.19. The summed E-state index contributed by atoms with van der Waals surface area (Å²) >= 11 is 5.72. The first-order valence-corrected chi connectivity index (χ1v) is 4.19. The molecule has 0 atom stereocenters. The molecule has 1 N–H and O–H groups in total. The highest BCUT2D eigenvalue weighted by molar-refractivity contribution is 6.29. The highest BCUT2D eigenvalue weighted by Gasteiger charge is 1.98. The Labute approximate surface area is 80.0 Å². The van der Waals surface area contributed by atoms with E-state index in [1.54, 1.807) is 18.3 Å². The minimum Gasteiger partial charge on any atom is -0.390 e. The quantitative estimate of drug-likeness (QED) is 0.704. The molecule has 2 heterocycles. The van der Waals surface area contributed by atoms with E-state index in [9.17, 15) is 0 Å². The molecular weight excluding hydrogens is 188 g/mol. The Morgan fingerprint density at radius 3 is 3.00 bits per heavy atom. The third kappa shape index (κ3) is 1.61. The number of pyridine rings is 2. The first kappa shape index (κ1) is 8.41. The van der Waals surface area contributed by atoms with E-state index in [0.717, 1.165) is 10.9 Å². The van der Waals surface area contributed by atoms with E-state index < -0.39 is 0 Å². The van der Waals surface area contributed by atoms with Gasteiger partial charge in [-0.25, -0.2) is 4.98 Å². The zero-order chi connectivity index (χ0) is 9.26. The van der Waals surface area contributed by atoms with Crippen molar-refractivity contribution in [3.63, 3.8) is 0 Å². The second-order valence-corrected chi connectivity index (χ2v) is 3.05. The number of aliphatic hydroxyl groups excluding tert-OH is 1. The smallest absolute Gasteiger partial charge is 0.129 e. The van der Waals surface area contributed by atoms with Crippen LogP contribution in [0.2, 0.25) is 5.15 Å². The second kappa shape index (κ2) is 3.28. The zero-order valence-corrected chi connectivity index (χ0v) is 7.49. The number of rotatable bonds is 1. The maximum Gasteiger partial charge on any atom is 0.129 e. The summed E-state index contributed by atoms with van der Waals surface area (Å²) in [5.41, 5.74) is 1.36. The number of aromatic nitrogens is 2. The van der Waals surface area contributed by atoms with Crippen molar-refractivity contribution in [2.24, 2.45) is 0 Å². The summed E-state index contributed by atoms with van der Waals surface area (Å²) in [4.78, 5) is 8.12. The van der Waals surface area contributed by atoms with Gasteiger partial charge in [-0.2, -0.15) is 0 Å². The van der Waals surface area contributed by atoms with Crippen molar-refractivity contribution in [1.29, 1.82) is 0 Å². The fourth-order valence-electron chi connectivity index (χ4n) is 1.12. The number of aliphatic hydroxyl groups is 1. The number of halogens is 1. The van der Waals surface area contributed by atoms with Crippen LogP contribution in [0.25, 0.3) is 10.9 Å². The van der Waals surface area contributed by atoms with E-state index in [-0.39, 0.29) is 6.61 Å². The fourth-order valence-corrected chi connectivity index (χ4v) is 1.27. The normalized spacial score (nSPS) is 10.6. The van der Waals surface area contributed by atoms with Crippen LogP contribution in [0.15, 0.2) is 24.4 Å². The highest BCUT2D eigenvalue weighted by atomic mass is 35.5. The van der Waals surface area contributed by atoms with Gasteiger partial charge < -0.3 is 5.11 Å². The van der Waals surface area contributed by atoms with Crippen LogP contribution in [0.4, 0.5) is 0 Å². The average Bonchev–Trinajstić information content (AvgIpc) is 2.16.